The maximum atomic E-state index is 12.5. The van der Waals surface area contributed by atoms with Crippen LogP contribution in [0.5, 0.6) is 11.5 Å². The lowest BCUT2D eigenvalue weighted by atomic mass is 10.1. The van der Waals surface area contributed by atoms with Gasteiger partial charge in [-0.15, -0.1) is 0 Å². The third-order valence-electron chi connectivity index (χ3n) is 4.03. The van der Waals surface area contributed by atoms with Gasteiger partial charge >= 0.3 is 6.03 Å². The van der Waals surface area contributed by atoms with Crippen LogP contribution >= 0.6 is 0 Å². The zero-order valence-electron chi connectivity index (χ0n) is 13.0. The predicted molar refractivity (Wildman–Crippen MR) is 86.1 cm³/mol. The first kappa shape index (κ1) is 14.8. The smallest absolute Gasteiger partial charge is 0.322 e. The lowest BCUT2D eigenvalue weighted by Crippen LogP contribution is -2.44. The Bertz CT molecular complexity index is 738. The van der Waals surface area contributed by atoms with Crippen LogP contribution in [0.15, 0.2) is 42.7 Å². The number of carbonyl (C=O) groups is 1. The Morgan fingerprint density at radius 3 is 3.04 bits per heavy atom. The molecule has 0 aliphatic carbocycles. The van der Waals surface area contributed by atoms with Crippen molar-refractivity contribution in [1.29, 1.82) is 0 Å². The van der Waals surface area contributed by atoms with E-state index in [1.165, 1.54) is 0 Å². The van der Waals surface area contributed by atoms with Crippen molar-refractivity contribution in [3.63, 3.8) is 0 Å². The molecule has 0 radical (unpaired) electrons. The van der Waals surface area contributed by atoms with Gasteiger partial charge in [-0.1, -0.05) is 6.07 Å². The van der Waals surface area contributed by atoms with E-state index in [1.54, 1.807) is 35.5 Å². The van der Waals surface area contributed by atoms with Crippen LogP contribution in [0.3, 0.4) is 0 Å². The number of nitrogens with one attached hydrogen (secondary N) is 1. The van der Waals surface area contributed by atoms with E-state index >= 15 is 0 Å². The van der Waals surface area contributed by atoms with Crippen molar-refractivity contribution in [2.75, 3.05) is 31.8 Å². The molecule has 124 valence electrons. The molecular weight excluding hydrogens is 310 g/mol. The van der Waals surface area contributed by atoms with Crippen molar-refractivity contribution in [3.05, 3.63) is 48.3 Å². The van der Waals surface area contributed by atoms with Crippen LogP contribution in [0.1, 0.15) is 11.7 Å². The first-order valence-corrected chi connectivity index (χ1v) is 7.77. The van der Waals surface area contributed by atoms with Crippen molar-refractivity contribution in [2.24, 2.45) is 0 Å². The van der Waals surface area contributed by atoms with E-state index in [0.29, 0.717) is 36.9 Å². The minimum Gasteiger partial charge on any atom is -0.454 e. The zero-order valence-corrected chi connectivity index (χ0v) is 13.0. The second-order valence-electron chi connectivity index (χ2n) is 5.59. The van der Waals surface area contributed by atoms with Crippen molar-refractivity contribution in [3.8, 4) is 11.5 Å². The summed E-state index contributed by atoms with van der Waals surface area (Å²) in [7, 11) is 0. The van der Waals surface area contributed by atoms with E-state index in [-0.39, 0.29) is 18.9 Å². The normalized spacial score (nSPS) is 19.2. The van der Waals surface area contributed by atoms with Crippen LogP contribution in [0.25, 0.3) is 0 Å². The third kappa shape index (κ3) is 2.98. The fraction of sp³-hybridized carbons (Fsp3) is 0.294. The molecule has 3 heterocycles. The Hall–Kier alpha value is -2.80. The minimum atomic E-state index is -0.161. The Morgan fingerprint density at radius 2 is 2.17 bits per heavy atom. The second kappa shape index (κ2) is 6.37. The number of ether oxygens (including phenoxy) is 3. The van der Waals surface area contributed by atoms with Gasteiger partial charge in [0.2, 0.25) is 6.79 Å². The van der Waals surface area contributed by atoms with Crippen LogP contribution in [0, 0.1) is 0 Å². The van der Waals surface area contributed by atoms with Gasteiger partial charge in [-0.3, -0.25) is 4.98 Å². The molecule has 0 bridgehead atoms. The number of morpholine rings is 1. The Morgan fingerprint density at radius 1 is 1.25 bits per heavy atom. The molecule has 1 fully saturated rings. The molecule has 0 saturated carbocycles. The maximum Gasteiger partial charge on any atom is 0.322 e. The van der Waals surface area contributed by atoms with Crippen molar-refractivity contribution < 1.29 is 19.0 Å². The van der Waals surface area contributed by atoms with Crippen LogP contribution < -0.4 is 14.8 Å². The summed E-state index contributed by atoms with van der Waals surface area (Å²) < 4.78 is 16.4. The molecule has 1 aromatic heterocycles. The van der Waals surface area contributed by atoms with Gasteiger partial charge in [0.05, 0.1) is 13.2 Å². The Balaban J connectivity index is 1.42. The molecule has 24 heavy (non-hydrogen) atoms. The number of hydrogen-bond acceptors (Lipinski definition) is 5. The summed E-state index contributed by atoms with van der Waals surface area (Å²) in [5, 5.41) is 2.89. The monoisotopic (exact) mass is 327 g/mol. The zero-order chi connectivity index (χ0) is 16.4. The van der Waals surface area contributed by atoms with E-state index in [0.717, 1.165) is 5.56 Å². The molecule has 2 aliphatic heterocycles. The number of rotatable bonds is 2. The molecule has 1 N–H and O–H groups in total. The van der Waals surface area contributed by atoms with Gasteiger partial charge in [0.25, 0.3) is 0 Å². The van der Waals surface area contributed by atoms with Gasteiger partial charge in [0.1, 0.15) is 6.10 Å². The molecule has 1 atom stereocenters. The second-order valence-corrected chi connectivity index (χ2v) is 5.59. The van der Waals surface area contributed by atoms with Gasteiger partial charge in [-0.25, -0.2) is 4.79 Å². The van der Waals surface area contributed by atoms with E-state index in [2.05, 4.69) is 10.3 Å². The molecule has 0 spiro atoms. The summed E-state index contributed by atoms with van der Waals surface area (Å²) in [5.74, 6) is 1.33. The molecule has 1 unspecified atom stereocenters. The number of fused-ring (bicyclic) bond motifs is 1. The number of carbonyl (C=O) groups excluding carboxylic acids is 1. The van der Waals surface area contributed by atoms with Crippen LogP contribution in [-0.4, -0.2) is 42.4 Å². The van der Waals surface area contributed by atoms with Gasteiger partial charge in [-0.05, 0) is 18.2 Å². The molecule has 4 rings (SSSR count). The Kier molecular flexibility index (Phi) is 3.92. The summed E-state index contributed by atoms with van der Waals surface area (Å²) >= 11 is 0. The summed E-state index contributed by atoms with van der Waals surface area (Å²) in [4.78, 5) is 18.4. The number of benzene rings is 1. The maximum absolute atomic E-state index is 12.5. The molecule has 7 nitrogen and oxygen atoms in total. The average molecular weight is 327 g/mol. The summed E-state index contributed by atoms with van der Waals surface area (Å²) in [6.45, 7) is 1.74. The van der Waals surface area contributed by atoms with Crippen LogP contribution in [0.2, 0.25) is 0 Å². The van der Waals surface area contributed by atoms with E-state index in [4.69, 9.17) is 14.2 Å². The highest BCUT2D eigenvalue weighted by Gasteiger charge is 2.26. The molecule has 2 aromatic rings. The molecule has 2 aliphatic rings. The summed E-state index contributed by atoms with van der Waals surface area (Å²) in [6, 6.07) is 9.01. The molecule has 7 heteroatoms. The Labute approximate surface area is 139 Å². The number of pyridine rings is 1. The topological polar surface area (TPSA) is 72.9 Å². The SMILES string of the molecule is O=C(Nc1ccc2c(c1)OCO2)N1CCOC(c2cccnc2)C1. The fourth-order valence-electron chi connectivity index (χ4n) is 2.78. The summed E-state index contributed by atoms with van der Waals surface area (Å²) in [6.07, 6.45) is 3.33. The highest BCUT2D eigenvalue weighted by molar-refractivity contribution is 5.89. The number of anilines is 1. The minimum absolute atomic E-state index is 0.157. The lowest BCUT2D eigenvalue weighted by molar-refractivity contribution is -0.0136. The molecule has 1 aromatic carbocycles. The number of amides is 2. The van der Waals surface area contributed by atoms with E-state index < -0.39 is 0 Å². The highest BCUT2D eigenvalue weighted by atomic mass is 16.7. The third-order valence-corrected chi connectivity index (χ3v) is 4.03. The van der Waals surface area contributed by atoms with Gasteiger partial charge in [-0.2, -0.15) is 0 Å². The first-order valence-electron chi connectivity index (χ1n) is 7.77. The van der Waals surface area contributed by atoms with E-state index in [9.17, 15) is 4.79 Å². The largest absolute Gasteiger partial charge is 0.454 e. The first-order chi connectivity index (χ1) is 11.8. The van der Waals surface area contributed by atoms with E-state index in [1.807, 2.05) is 12.1 Å². The molecule has 1 saturated heterocycles. The lowest BCUT2D eigenvalue weighted by Gasteiger charge is -2.33. The van der Waals surface area contributed by atoms with Crippen LogP contribution in [0.4, 0.5) is 10.5 Å². The van der Waals surface area contributed by atoms with Gasteiger partial charge < -0.3 is 24.4 Å². The quantitative estimate of drug-likeness (QED) is 0.917. The number of urea groups is 1. The van der Waals surface area contributed by atoms with Crippen molar-refractivity contribution in [1.82, 2.24) is 9.88 Å². The van der Waals surface area contributed by atoms with Crippen molar-refractivity contribution >= 4 is 11.7 Å². The average Bonchev–Trinajstić information content (AvgIpc) is 3.10. The fourth-order valence-corrected chi connectivity index (χ4v) is 2.78. The van der Waals surface area contributed by atoms with Crippen molar-refractivity contribution in [2.45, 2.75) is 6.10 Å². The number of hydrogen-bond donors (Lipinski definition) is 1. The van der Waals surface area contributed by atoms with Gasteiger partial charge in [0, 0.05) is 36.3 Å². The predicted octanol–water partition coefficient (Wildman–Crippen LogP) is 2.42. The number of aromatic nitrogens is 1. The molecular formula is C17H17N3O4. The standard InChI is InChI=1S/C17H17N3O4/c21-17(19-13-3-4-14-15(8-13)24-11-23-14)20-6-7-22-16(10-20)12-2-1-5-18-9-12/h1-5,8-9,16H,6-7,10-11H2,(H,19,21). The summed E-state index contributed by atoms with van der Waals surface area (Å²) in [5.41, 5.74) is 1.65. The highest BCUT2D eigenvalue weighted by Crippen LogP contribution is 2.34. The van der Waals surface area contributed by atoms with Crippen LogP contribution in [-0.2, 0) is 4.74 Å². The number of nitrogens with zero attached hydrogens (tertiary/aromatic N) is 2. The molecule has 2 amide bonds. The van der Waals surface area contributed by atoms with Gasteiger partial charge in [0.15, 0.2) is 11.5 Å².